The molecule has 0 aliphatic heterocycles. The van der Waals surface area contributed by atoms with Gasteiger partial charge in [-0.2, -0.15) is 0 Å². The third-order valence-corrected chi connectivity index (χ3v) is 7.72. The van der Waals surface area contributed by atoms with Crippen molar-refractivity contribution in [3.63, 3.8) is 0 Å². The van der Waals surface area contributed by atoms with Gasteiger partial charge in [0.1, 0.15) is 28.7 Å². The van der Waals surface area contributed by atoms with Gasteiger partial charge in [-0.1, -0.05) is 30.3 Å². The molecule has 7 N–H and O–H groups in total. The fraction of sp³-hybridized carbons (Fsp3) is 0.250. The van der Waals surface area contributed by atoms with Crippen LogP contribution in [0.25, 0.3) is 11.6 Å². The lowest BCUT2D eigenvalue weighted by Crippen LogP contribution is -2.68. The minimum Gasteiger partial charge on any atom is -0.510 e. The van der Waals surface area contributed by atoms with Crippen LogP contribution in [-0.2, 0) is 9.59 Å². The summed E-state index contributed by atoms with van der Waals surface area (Å²) in [6.45, 7) is 0. The number of aliphatic hydroxyl groups is 4. The fourth-order valence-electron chi connectivity index (χ4n) is 6.05. The molecule has 5 rings (SSSR count). The van der Waals surface area contributed by atoms with Gasteiger partial charge in [0.05, 0.1) is 29.2 Å². The Labute approximate surface area is 221 Å². The summed E-state index contributed by atoms with van der Waals surface area (Å²) in [6.07, 6.45) is -0.268. The number of nitrogens with two attached hydrogens (primary N) is 1. The Kier molecular flexibility index (Phi) is 5.98. The SMILES string of the molecule is CN(C)[C@H]1C(O)=C(C(N)=O)C(=O)[C@]2(O)C(O)=C3C(=O)c4c(O)cccc4/C(=C\c4ccc(F)cc4)[C@H]3[C@H](O)[C@H]12. The number of fused-ring (bicyclic) bond motifs is 3. The van der Waals surface area contributed by atoms with E-state index in [2.05, 4.69) is 0 Å². The van der Waals surface area contributed by atoms with Crippen LogP contribution < -0.4 is 5.73 Å². The monoisotopic (exact) mass is 536 g/mol. The number of carbonyl (C=O) groups excluding carboxylic acids is 3. The lowest BCUT2D eigenvalue weighted by molar-refractivity contribution is -0.159. The normalized spacial score (nSPS) is 29.4. The minimum absolute atomic E-state index is 0.205. The van der Waals surface area contributed by atoms with Crippen LogP contribution in [0.5, 0.6) is 5.75 Å². The molecule has 2 aromatic rings. The second-order valence-electron chi connectivity index (χ2n) is 10.1. The number of carbonyl (C=O) groups is 3. The van der Waals surface area contributed by atoms with Crippen LogP contribution in [0.2, 0.25) is 0 Å². The van der Waals surface area contributed by atoms with Gasteiger partial charge in [0.25, 0.3) is 5.91 Å². The van der Waals surface area contributed by atoms with Crippen molar-refractivity contribution in [2.45, 2.75) is 17.7 Å². The van der Waals surface area contributed by atoms with Crippen molar-refractivity contribution in [1.82, 2.24) is 4.90 Å². The second kappa shape index (κ2) is 8.87. The Hall–Kier alpha value is -4.32. The zero-order valence-corrected chi connectivity index (χ0v) is 20.8. The largest absolute Gasteiger partial charge is 0.510 e. The summed E-state index contributed by atoms with van der Waals surface area (Å²) in [5.74, 6) is -9.72. The molecule has 3 aliphatic carbocycles. The number of hydrogen-bond acceptors (Lipinski definition) is 9. The molecule has 0 fully saturated rings. The van der Waals surface area contributed by atoms with Crippen molar-refractivity contribution in [3.05, 3.63) is 87.6 Å². The average Bonchev–Trinajstić information content (AvgIpc) is 2.86. The molecular weight excluding hydrogens is 511 g/mol. The van der Waals surface area contributed by atoms with Crippen LogP contribution in [-0.4, -0.2) is 79.7 Å². The van der Waals surface area contributed by atoms with Gasteiger partial charge in [0.2, 0.25) is 5.78 Å². The van der Waals surface area contributed by atoms with Gasteiger partial charge in [-0.15, -0.1) is 0 Å². The molecule has 0 bridgehead atoms. The number of aromatic hydroxyl groups is 1. The first-order valence-electron chi connectivity index (χ1n) is 11.9. The van der Waals surface area contributed by atoms with Crippen LogP contribution >= 0.6 is 0 Å². The van der Waals surface area contributed by atoms with Gasteiger partial charge >= 0.3 is 0 Å². The highest BCUT2D eigenvalue weighted by Crippen LogP contribution is 2.55. The number of nitrogens with zero attached hydrogens (tertiary/aromatic N) is 1. The molecule has 0 heterocycles. The summed E-state index contributed by atoms with van der Waals surface area (Å²) in [5.41, 5.74) is 1.39. The lowest BCUT2D eigenvalue weighted by Gasteiger charge is -2.52. The maximum Gasteiger partial charge on any atom is 0.255 e. The van der Waals surface area contributed by atoms with E-state index < -0.39 is 81.3 Å². The molecule has 2 aromatic carbocycles. The molecule has 0 aromatic heterocycles. The van der Waals surface area contributed by atoms with Crippen molar-refractivity contribution >= 4 is 29.1 Å². The van der Waals surface area contributed by atoms with Gasteiger partial charge in [-0.3, -0.25) is 19.3 Å². The number of halogens is 1. The molecule has 3 aliphatic rings. The van der Waals surface area contributed by atoms with E-state index in [0.29, 0.717) is 5.56 Å². The highest BCUT2D eigenvalue weighted by molar-refractivity contribution is 6.25. The number of rotatable bonds is 3. The fourth-order valence-corrected chi connectivity index (χ4v) is 6.05. The molecule has 0 saturated carbocycles. The number of hydrogen-bond donors (Lipinski definition) is 6. The predicted octanol–water partition coefficient (Wildman–Crippen LogP) is 1.23. The molecule has 0 radical (unpaired) electrons. The number of ketones is 2. The van der Waals surface area contributed by atoms with Crippen LogP contribution in [0, 0.1) is 17.7 Å². The molecule has 202 valence electrons. The van der Waals surface area contributed by atoms with Crippen molar-refractivity contribution < 1.29 is 44.3 Å². The summed E-state index contributed by atoms with van der Waals surface area (Å²) >= 11 is 0. The number of amides is 1. The Balaban J connectivity index is 1.86. The van der Waals surface area contributed by atoms with E-state index in [1.807, 2.05) is 0 Å². The third-order valence-electron chi connectivity index (χ3n) is 7.72. The predicted molar refractivity (Wildman–Crippen MR) is 136 cm³/mol. The Morgan fingerprint density at radius 3 is 2.31 bits per heavy atom. The Morgan fingerprint density at radius 1 is 1.08 bits per heavy atom. The Morgan fingerprint density at radius 2 is 1.72 bits per heavy atom. The zero-order valence-electron chi connectivity index (χ0n) is 20.8. The van der Waals surface area contributed by atoms with E-state index in [9.17, 15) is 44.3 Å². The standard InChI is InChI=1S/C28H25FN2O8/c1-31(2)21-20-23(34)17-14(10-11-6-8-12(29)9-7-11)13-4-3-5-15(32)16(13)22(33)18(17)25(36)28(20,39)26(37)19(24(21)35)27(30)38/h3-10,17,20-21,23,32,34-36,39H,1-2H3,(H2,30,38)/b14-10+/t17-,20+,21-,23+,28-/m1/s1. The van der Waals surface area contributed by atoms with Gasteiger partial charge in [0, 0.05) is 5.92 Å². The quantitative estimate of drug-likeness (QED) is 0.314. The maximum absolute atomic E-state index is 13.7. The molecule has 0 unspecified atom stereocenters. The van der Waals surface area contributed by atoms with Gasteiger partial charge < -0.3 is 31.3 Å². The first-order chi connectivity index (χ1) is 18.3. The topological polar surface area (TPSA) is 182 Å². The zero-order chi connectivity index (χ0) is 28.5. The maximum atomic E-state index is 13.7. The molecule has 1 amide bonds. The van der Waals surface area contributed by atoms with E-state index in [1.165, 1.54) is 67.5 Å². The molecular formula is C28H25FN2O8. The lowest BCUT2D eigenvalue weighted by atomic mass is 9.56. The Bertz CT molecular complexity index is 1540. The van der Waals surface area contributed by atoms with Crippen LogP contribution in [0.3, 0.4) is 0 Å². The number of benzene rings is 2. The molecule has 39 heavy (non-hydrogen) atoms. The number of Topliss-reactive ketones (excluding diaryl/α,β-unsaturated/α-hetero) is 2. The van der Waals surface area contributed by atoms with Gasteiger partial charge in [-0.05, 0) is 49.0 Å². The van der Waals surface area contributed by atoms with E-state index >= 15 is 0 Å². The minimum atomic E-state index is -3.02. The number of aliphatic hydroxyl groups excluding tert-OH is 3. The first-order valence-corrected chi connectivity index (χ1v) is 11.9. The molecule has 0 spiro atoms. The summed E-state index contributed by atoms with van der Waals surface area (Å²) in [7, 11) is 2.90. The van der Waals surface area contributed by atoms with Crippen LogP contribution in [0.4, 0.5) is 4.39 Å². The highest BCUT2D eigenvalue weighted by atomic mass is 19.1. The summed E-state index contributed by atoms with van der Waals surface area (Å²) in [5, 5.41) is 56.6. The number of phenolic OH excluding ortho intramolecular Hbond substituents is 1. The van der Waals surface area contributed by atoms with E-state index in [4.69, 9.17) is 5.73 Å². The van der Waals surface area contributed by atoms with Crippen LogP contribution in [0.15, 0.2) is 65.1 Å². The van der Waals surface area contributed by atoms with Crippen molar-refractivity contribution in [1.29, 1.82) is 0 Å². The summed E-state index contributed by atoms with van der Waals surface area (Å²) in [6, 6.07) is 8.12. The van der Waals surface area contributed by atoms with Crippen LogP contribution in [0.1, 0.15) is 21.5 Å². The third kappa shape index (κ3) is 3.54. The van der Waals surface area contributed by atoms with Gasteiger partial charge in [-0.25, -0.2) is 4.39 Å². The first kappa shape index (κ1) is 26.3. The molecule has 10 nitrogen and oxygen atoms in total. The van der Waals surface area contributed by atoms with Crippen molar-refractivity contribution in [2.24, 2.45) is 17.6 Å². The molecule has 11 heteroatoms. The highest BCUT2D eigenvalue weighted by Gasteiger charge is 2.67. The van der Waals surface area contributed by atoms with E-state index in [0.717, 1.165) is 0 Å². The number of likely N-dealkylation sites (N-methyl/N-ethyl adjacent to an activating group) is 1. The smallest absolute Gasteiger partial charge is 0.255 e. The summed E-state index contributed by atoms with van der Waals surface area (Å²) < 4.78 is 13.6. The van der Waals surface area contributed by atoms with Crippen molar-refractivity contribution in [3.8, 4) is 5.75 Å². The number of primary amides is 1. The second-order valence-corrected chi connectivity index (χ2v) is 10.1. The van der Waals surface area contributed by atoms with Crippen molar-refractivity contribution in [2.75, 3.05) is 14.1 Å². The van der Waals surface area contributed by atoms with E-state index in [1.54, 1.807) is 0 Å². The number of phenols is 1. The molecule has 5 atom stereocenters. The molecule has 0 saturated heterocycles. The summed E-state index contributed by atoms with van der Waals surface area (Å²) in [4.78, 5) is 40.7. The average molecular weight is 537 g/mol. The van der Waals surface area contributed by atoms with E-state index in [-0.39, 0.29) is 16.7 Å². The van der Waals surface area contributed by atoms with Gasteiger partial charge in [0.15, 0.2) is 11.4 Å².